The van der Waals surface area contributed by atoms with Crippen molar-refractivity contribution in [2.45, 2.75) is 24.4 Å². The molecule has 0 amide bonds. The first-order valence-corrected chi connectivity index (χ1v) is 11.4. The van der Waals surface area contributed by atoms with Gasteiger partial charge < -0.3 is 0 Å². The predicted molar refractivity (Wildman–Crippen MR) is 109 cm³/mol. The molecule has 0 heterocycles. The minimum absolute atomic E-state index is 0.192. The van der Waals surface area contributed by atoms with Crippen LogP contribution in [0.5, 0.6) is 0 Å². The van der Waals surface area contributed by atoms with E-state index in [9.17, 15) is 4.39 Å². The Morgan fingerprint density at radius 2 is 1.71 bits per heavy atom. The molecule has 2 rings (SSSR count). The molecule has 0 aromatic heterocycles. The Morgan fingerprint density at radius 3 is 2.29 bits per heavy atom. The molecule has 5 heteroatoms. The van der Waals surface area contributed by atoms with E-state index in [2.05, 4.69) is 43.0 Å². The number of benzene rings is 2. The molecule has 0 aliphatic rings. The van der Waals surface area contributed by atoms with Gasteiger partial charge in [0.15, 0.2) is 0 Å². The maximum atomic E-state index is 13.3. The third-order valence-electron chi connectivity index (χ3n) is 3.65. The standard InChI is InChI=1S/C19H22FNS2Se/c1-3-21(4-2)19(22)23-18(15-10-12-16(20)13-11-15)14-24-17-8-6-5-7-9-17/h5-13,18H,3-4,14H2,1-2H3. The fourth-order valence-electron chi connectivity index (χ4n) is 2.24. The molecule has 0 saturated carbocycles. The van der Waals surface area contributed by atoms with Crippen LogP contribution in [0.4, 0.5) is 4.39 Å². The number of hydrogen-bond acceptors (Lipinski definition) is 2. The van der Waals surface area contributed by atoms with E-state index in [1.807, 2.05) is 18.2 Å². The molecule has 128 valence electrons. The fraction of sp³-hybridized carbons (Fsp3) is 0.316. The third kappa shape index (κ3) is 5.89. The summed E-state index contributed by atoms with van der Waals surface area (Å²) in [5.41, 5.74) is 1.15. The quantitative estimate of drug-likeness (QED) is 0.468. The molecule has 0 bridgehead atoms. The zero-order valence-electron chi connectivity index (χ0n) is 13.9. The first kappa shape index (κ1) is 19.5. The van der Waals surface area contributed by atoms with Crippen LogP contribution in [0.1, 0.15) is 24.7 Å². The summed E-state index contributed by atoms with van der Waals surface area (Å²) in [5, 5.41) is 1.30. The van der Waals surface area contributed by atoms with Crippen LogP contribution in [-0.4, -0.2) is 37.3 Å². The van der Waals surface area contributed by atoms with E-state index in [0.717, 1.165) is 28.3 Å². The summed E-state index contributed by atoms with van der Waals surface area (Å²) >= 11 is 7.73. The number of thioether (sulfide) groups is 1. The molecule has 0 fully saturated rings. The Hall–Kier alpha value is -0.871. The van der Waals surface area contributed by atoms with Gasteiger partial charge in [0.25, 0.3) is 0 Å². The van der Waals surface area contributed by atoms with E-state index in [4.69, 9.17) is 12.2 Å². The van der Waals surface area contributed by atoms with E-state index in [0.29, 0.717) is 15.0 Å². The van der Waals surface area contributed by atoms with Gasteiger partial charge in [0, 0.05) is 0 Å². The van der Waals surface area contributed by atoms with Crippen LogP contribution in [0.2, 0.25) is 5.32 Å². The molecule has 1 atom stereocenters. The van der Waals surface area contributed by atoms with Crippen LogP contribution in [0, 0.1) is 5.82 Å². The van der Waals surface area contributed by atoms with Gasteiger partial charge in [-0.25, -0.2) is 0 Å². The minimum atomic E-state index is -0.192. The summed E-state index contributed by atoms with van der Waals surface area (Å²) in [7, 11) is 0. The van der Waals surface area contributed by atoms with Crippen molar-refractivity contribution in [3.05, 3.63) is 66.0 Å². The van der Waals surface area contributed by atoms with Gasteiger partial charge in [0.05, 0.1) is 0 Å². The van der Waals surface area contributed by atoms with Crippen molar-refractivity contribution in [2.75, 3.05) is 13.1 Å². The Morgan fingerprint density at radius 1 is 1.08 bits per heavy atom. The topological polar surface area (TPSA) is 3.24 Å². The van der Waals surface area contributed by atoms with Crippen molar-refractivity contribution in [3.8, 4) is 0 Å². The summed E-state index contributed by atoms with van der Waals surface area (Å²) < 4.78 is 15.6. The molecule has 0 aliphatic carbocycles. The van der Waals surface area contributed by atoms with E-state index >= 15 is 0 Å². The van der Waals surface area contributed by atoms with E-state index in [1.54, 1.807) is 23.9 Å². The SMILES string of the molecule is CCN(CC)C(=S)SC(C[Se]c1ccccc1)c1ccc(F)cc1. The summed E-state index contributed by atoms with van der Waals surface area (Å²) in [6.07, 6.45) is 0. The molecular weight excluding hydrogens is 404 g/mol. The first-order valence-electron chi connectivity index (χ1n) is 8.02. The average molecular weight is 426 g/mol. The molecule has 1 unspecified atom stereocenters. The first-order chi connectivity index (χ1) is 11.6. The summed E-state index contributed by atoms with van der Waals surface area (Å²) in [6.45, 7) is 6.08. The van der Waals surface area contributed by atoms with Crippen molar-refractivity contribution >= 4 is 47.7 Å². The molecular formula is C19H22FNS2Se. The summed E-state index contributed by atoms with van der Waals surface area (Å²) in [5.74, 6) is -0.192. The maximum absolute atomic E-state index is 13.3. The number of nitrogens with zero attached hydrogens (tertiary/aromatic N) is 1. The molecule has 24 heavy (non-hydrogen) atoms. The summed E-state index contributed by atoms with van der Waals surface area (Å²) in [6, 6.07) is 17.4. The van der Waals surface area contributed by atoms with Crippen molar-refractivity contribution in [2.24, 2.45) is 0 Å². The van der Waals surface area contributed by atoms with Gasteiger partial charge >= 0.3 is 160 Å². The molecule has 0 radical (unpaired) electrons. The second-order valence-corrected chi connectivity index (χ2v) is 9.35. The Kier molecular flexibility index (Phi) is 8.26. The Balaban J connectivity index is 2.11. The van der Waals surface area contributed by atoms with Crippen molar-refractivity contribution < 1.29 is 4.39 Å². The normalized spacial score (nSPS) is 12.0. The molecule has 2 aromatic carbocycles. The summed E-state index contributed by atoms with van der Waals surface area (Å²) in [4.78, 5) is 2.20. The van der Waals surface area contributed by atoms with E-state index < -0.39 is 0 Å². The van der Waals surface area contributed by atoms with Crippen LogP contribution in [0.25, 0.3) is 0 Å². The van der Waals surface area contributed by atoms with Gasteiger partial charge in [-0.3, -0.25) is 0 Å². The fourth-order valence-corrected chi connectivity index (χ4v) is 6.50. The van der Waals surface area contributed by atoms with Crippen molar-refractivity contribution in [1.82, 2.24) is 4.90 Å². The number of halogens is 1. The van der Waals surface area contributed by atoms with Gasteiger partial charge in [-0.1, -0.05) is 0 Å². The number of rotatable bonds is 7. The third-order valence-corrected chi connectivity index (χ3v) is 8.18. The molecule has 0 saturated heterocycles. The zero-order chi connectivity index (χ0) is 17.4. The van der Waals surface area contributed by atoms with E-state index in [1.165, 1.54) is 4.46 Å². The Bertz CT molecular complexity index is 630. The van der Waals surface area contributed by atoms with Gasteiger partial charge in [0.2, 0.25) is 0 Å². The number of hydrogen-bond donors (Lipinski definition) is 0. The van der Waals surface area contributed by atoms with Crippen LogP contribution in [-0.2, 0) is 0 Å². The van der Waals surface area contributed by atoms with E-state index in [-0.39, 0.29) is 11.1 Å². The second kappa shape index (κ2) is 10.2. The predicted octanol–water partition coefficient (Wildman–Crippen LogP) is 4.67. The Labute approximate surface area is 160 Å². The second-order valence-electron chi connectivity index (χ2n) is 5.22. The monoisotopic (exact) mass is 427 g/mol. The van der Waals surface area contributed by atoms with Gasteiger partial charge in [-0.2, -0.15) is 0 Å². The van der Waals surface area contributed by atoms with Gasteiger partial charge in [0.1, 0.15) is 0 Å². The van der Waals surface area contributed by atoms with Crippen molar-refractivity contribution in [3.63, 3.8) is 0 Å². The molecule has 2 aromatic rings. The van der Waals surface area contributed by atoms with Crippen LogP contribution >= 0.6 is 24.0 Å². The molecule has 0 spiro atoms. The van der Waals surface area contributed by atoms with Gasteiger partial charge in [-0.05, 0) is 0 Å². The molecule has 1 nitrogen and oxygen atoms in total. The van der Waals surface area contributed by atoms with Crippen LogP contribution in [0.3, 0.4) is 0 Å². The molecule has 0 aliphatic heterocycles. The average Bonchev–Trinajstić information content (AvgIpc) is 2.61. The molecule has 0 N–H and O–H groups in total. The van der Waals surface area contributed by atoms with Crippen LogP contribution < -0.4 is 4.46 Å². The zero-order valence-corrected chi connectivity index (χ0v) is 17.3. The van der Waals surface area contributed by atoms with Crippen LogP contribution in [0.15, 0.2) is 54.6 Å². The van der Waals surface area contributed by atoms with Gasteiger partial charge in [-0.15, -0.1) is 0 Å². The van der Waals surface area contributed by atoms with Crippen molar-refractivity contribution in [1.29, 1.82) is 0 Å². The number of thiocarbonyl (C=S) groups is 1.